The summed E-state index contributed by atoms with van der Waals surface area (Å²) in [5, 5.41) is 0.864. The van der Waals surface area contributed by atoms with Crippen LogP contribution in [-0.2, 0) is 16.0 Å². The first-order valence-electron chi connectivity index (χ1n) is 7.23. The van der Waals surface area contributed by atoms with Gasteiger partial charge in [-0.15, -0.1) is 0 Å². The van der Waals surface area contributed by atoms with Crippen LogP contribution in [0.4, 0.5) is 4.79 Å². The highest BCUT2D eigenvalue weighted by molar-refractivity contribution is 9.09. The number of benzene rings is 1. The van der Waals surface area contributed by atoms with Gasteiger partial charge in [0.15, 0.2) is 0 Å². The lowest BCUT2D eigenvalue weighted by atomic mass is 10.0. The van der Waals surface area contributed by atoms with Gasteiger partial charge < -0.3 is 4.74 Å². The van der Waals surface area contributed by atoms with E-state index in [4.69, 9.17) is 4.74 Å². The Hall–Kier alpha value is -1.36. The Bertz CT molecular complexity index is 492. The van der Waals surface area contributed by atoms with E-state index in [1.807, 2.05) is 37.3 Å². The molecule has 0 N–H and O–H groups in total. The fourth-order valence-corrected chi connectivity index (χ4v) is 2.83. The van der Waals surface area contributed by atoms with Crippen LogP contribution in [0.1, 0.15) is 25.3 Å². The molecule has 5 heteroatoms. The highest BCUT2D eigenvalue weighted by Crippen LogP contribution is 2.21. The van der Waals surface area contributed by atoms with Gasteiger partial charge in [-0.25, -0.2) is 9.69 Å². The number of ether oxygens (including phenoxy) is 1. The maximum Gasteiger partial charge on any atom is 0.416 e. The highest BCUT2D eigenvalue weighted by Gasteiger charge is 2.39. The Labute approximate surface area is 133 Å². The van der Waals surface area contributed by atoms with Crippen LogP contribution in [0.3, 0.4) is 0 Å². The molecule has 1 heterocycles. The summed E-state index contributed by atoms with van der Waals surface area (Å²) in [6.45, 7) is 2.15. The fraction of sp³-hybridized carbons (Fsp3) is 0.500. The summed E-state index contributed by atoms with van der Waals surface area (Å²) >= 11 is 3.36. The van der Waals surface area contributed by atoms with Gasteiger partial charge in [0.25, 0.3) is 0 Å². The first-order chi connectivity index (χ1) is 10.1. The second kappa shape index (κ2) is 7.59. The average Bonchev–Trinajstić information content (AvgIpc) is 2.85. The maximum absolute atomic E-state index is 12.5. The second-order valence-electron chi connectivity index (χ2n) is 5.36. The predicted octanol–water partition coefficient (Wildman–Crippen LogP) is 3.39. The van der Waals surface area contributed by atoms with Gasteiger partial charge in [0.2, 0.25) is 5.91 Å². The van der Waals surface area contributed by atoms with Crippen LogP contribution in [-0.4, -0.2) is 34.9 Å². The summed E-state index contributed by atoms with van der Waals surface area (Å²) in [6.07, 6.45) is 1.82. The molecule has 0 aromatic heterocycles. The minimum Gasteiger partial charge on any atom is -0.447 e. The molecule has 1 aliphatic heterocycles. The van der Waals surface area contributed by atoms with Crippen LogP contribution in [0.25, 0.3) is 0 Å². The fourth-order valence-electron chi connectivity index (χ4n) is 2.51. The van der Waals surface area contributed by atoms with Crippen LogP contribution < -0.4 is 0 Å². The Balaban J connectivity index is 2.04. The summed E-state index contributed by atoms with van der Waals surface area (Å²) < 4.78 is 5.08. The van der Waals surface area contributed by atoms with Crippen LogP contribution >= 0.6 is 15.9 Å². The third kappa shape index (κ3) is 4.06. The van der Waals surface area contributed by atoms with E-state index in [9.17, 15) is 9.59 Å². The molecule has 114 valence electrons. The van der Waals surface area contributed by atoms with Gasteiger partial charge in [0.05, 0.1) is 6.04 Å². The highest BCUT2D eigenvalue weighted by atomic mass is 79.9. The molecule has 0 spiro atoms. The van der Waals surface area contributed by atoms with E-state index in [1.165, 1.54) is 4.90 Å². The smallest absolute Gasteiger partial charge is 0.416 e. The minimum atomic E-state index is -0.508. The summed E-state index contributed by atoms with van der Waals surface area (Å²) in [4.78, 5) is 25.7. The minimum absolute atomic E-state index is 0.126. The van der Waals surface area contributed by atoms with Gasteiger partial charge in [-0.05, 0) is 24.8 Å². The number of imide groups is 1. The normalized spacial score (nSPS) is 19.4. The largest absolute Gasteiger partial charge is 0.447 e. The first kappa shape index (κ1) is 16.0. The second-order valence-corrected chi connectivity index (χ2v) is 6.15. The maximum atomic E-state index is 12.5. The number of rotatable bonds is 6. The van der Waals surface area contributed by atoms with Gasteiger partial charge in [-0.2, -0.15) is 0 Å². The number of halogens is 1. The molecule has 1 aromatic rings. The van der Waals surface area contributed by atoms with Crippen molar-refractivity contribution in [2.75, 3.05) is 11.9 Å². The third-order valence-corrected chi connectivity index (χ3v) is 4.27. The lowest BCUT2D eigenvalue weighted by Gasteiger charge is -2.23. The van der Waals surface area contributed by atoms with E-state index >= 15 is 0 Å². The molecule has 1 saturated heterocycles. The number of cyclic esters (lactones) is 1. The third-order valence-electron chi connectivity index (χ3n) is 3.70. The molecule has 0 unspecified atom stereocenters. The van der Waals surface area contributed by atoms with Crippen molar-refractivity contribution in [3.63, 3.8) is 0 Å². The zero-order valence-electron chi connectivity index (χ0n) is 12.1. The number of carbonyl (C=O) groups is 2. The lowest BCUT2D eigenvalue weighted by molar-refractivity contribution is -0.133. The predicted molar refractivity (Wildman–Crippen MR) is 84.3 cm³/mol. The van der Waals surface area contributed by atoms with E-state index in [1.54, 1.807) is 0 Å². The molecule has 1 fully saturated rings. The van der Waals surface area contributed by atoms with Crippen LogP contribution in [0.15, 0.2) is 30.3 Å². The van der Waals surface area contributed by atoms with Gasteiger partial charge in [0, 0.05) is 11.2 Å². The van der Waals surface area contributed by atoms with E-state index in [0.29, 0.717) is 6.42 Å². The zero-order chi connectivity index (χ0) is 15.2. The number of alkyl halides is 1. The van der Waals surface area contributed by atoms with E-state index in [-0.39, 0.29) is 24.5 Å². The van der Waals surface area contributed by atoms with E-state index < -0.39 is 6.09 Å². The monoisotopic (exact) mass is 353 g/mol. The molecule has 2 rings (SSSR count). The molecule has 2 atom stereocenters. The molecular formula is C16H20BrNO3. The van der Waals surface area contributed by atoms with Crippen molar-refractivity contribution in [1.82, 2.24) is 4.90 Å². The molecule has 0 bridgehead atoms. The van der Waals surface area contributed by atoms with Gasteiger partial charge in [0.1, 0.15) is 6.61 Å². The van der Waals surface area contributed by atoms with Crippen molar-refractivity contribution in [2.45, 2.75) is 32.2 Å². The number of amides is 2. The summed E-state index contributed by atoms with van der Waals surface area (Å²) in [6, 6.07) is 9.67. The van der Waals surface area contributed by atoms with Gasteiger partial charge in [-0.3, -0.25) is 4.79 Å². The number of nitrogens with zero attached hydrogens (tertiary/aromatic N) is 1. The van der Waals surface area contributed by atoms with Gasteiger partial charge in [-0.1, -0.05) is 53.2 Å². The quantitative estimate of drug-likeness (QED) is 0.736. The molecule has 0 radical (unpaired) electrons. The Morgan fingerprint density at radius 2 is 2.14 bits per heavy atom. The van der Waals surface area contributed by atoms with Crippen molar-refractivity contribution < 1.29 is 14.3 Å². The molecule has 2 amide bonds. The molecular weight excluding hydrogens is 334 g/mol. The van der Waals surface area contributed by atoms with Gasteiger partial charge >= 0.3 is 6.09 Å². The molecule has 21 heavy (non-hydrogen) atoms. The van der Waals surface area contributed by atoms with Crippen LogP contribution in [0.5, 0.6) is 0 Å². The van der Waals surface area contributed by atoms with Crippen molar-refractivity contribution in [2.24, 2.45) is 5.92 Å². The van der Waals surface area contributed by atoms with Crippen molar-refractivity contribution in [1.29, 1.82) is 0 Å². The molecule has 1 aromatic carbocycles. The molecule has 1 aliphatic rings. The van der Waals surface area contributed by atoms with Crippen LogP contribution in [0, 0.1) is 5.92 Å². The molecule has 0 saturated carbocycles. The van der Waals surface area contributed by atoms with Crippen LogP contribution in [0.2, 0.25) is 0 Å². The Morgan fingerprint density at radius 1 is 1.43 bits per heavy atom. The Morgan fingerprint density at radius 3 is 2.81 bits per heavy atom. The van der Waals surface area contributed by atoms with Crippen molar-refractivity contribution >= 4 is 27.9 Å². The Kier molecular flexibility index (Phi) is 5.79. The molecule has 0 aliphatic carbocycles. The SMILES string of the molecule is C[C@@H](CCCBr)C(=O)N1C(=O)OC[C@@H]1Cc1ccccc1. The summed E-state index contributed by atoms with van der Waals surface area (Å²) in [7, 11) is 0. The summed E-state index contributed by atoms with van der Waals surface area (Å²) in [5.74, 6) is -0.286. The number of hydrogen-bond acceptors (Lipinski definition) is 3. The van der Waals surface area contributed by atoms with Crippen molar-refractivity contribution in [3.8, 4) is 0 Å². The van der Waals surface area contributed by atoms with E-state index in [2.05, 4.69) is 15.9 Å². The zero-order valence-corrected chi connectivity index (χ0v) is 13.7. The summed E-state index contributed by atoms with van der Waals surface area (Å²) in [5.41, 5.74) is 1.10. The standard InChI is InChI=1S/C16H20BrNO3/c1-12(6-5-9-17)15(19)18-14(11-21-16(18)20)10-13-7-3-2-4-8-13/h2-4,7-8,12,14H,5-6,9-11H2,1H3/t12-,14-/m0/s1. The number of hydrogen-bond donors (Lipinski definition) is 0. The topological polar surface area (TPSA) is 46.6 Å². The molecule has 4 nitrogen and oxygen atoms in total. The average molecular weight is 354 g/mol. The first-order valence-corrected chi connectivity index (χ1v) is 8.35. The van der Waals surface area contributed by atoms with Crippen molar-refractivity contribution in [3.05, 3.63) is 35.9 Å². The number of carbonyl (C=O) groups excluding carboxylic acids is 2. The van der Waals surface area contributed by atoms with E-state index in [0.717, 1.165) is 23.7 Å². The lowest BCUT2D eigenvalue weighted by Crippen LogP contribution is -2.43.